The van der Waals surface area contributed by atoms with E-state index in [0.717, 1.165) is 29.9 Å². The van der Waals surface area contributed by atoms with Gasteiger partial charge in [-0.05, 0) is 18.1 Å². The zero-order valence-corrected chi connectivity index (χ0v) is 9.88. The summed E-state index contributed by atoms with van der Waals surface area (Å²) in [5, 5.41) is 0. The van der Waals surface area contributed by atoms with Crippen molar-refractivity contribution in [3.63, 3.8) is 0 Å². The Hall–Kier alpha value is -1.02. The zero-order chi connectivity index (χ0) is 10.8. The lowest BCUT2D eigenvalue weighted by molar-refractivity contribution is 0.917. The van der Waals surface area contributed by atoms with Crippen molar-refractivity contribution in [2.75, 3.05) is 0 Å². The van der Waals surface area contributed by atoms with Gasteiger partial charge in [0.05, 0.1) is 17.1 Å². The first-order valence-corrected chi connectivity index (χ1v) is 5.88. The van der Waals surface area contributed by atoms with Crippen molar-refractivity contribution < 1.29 is 0 Å². The molecule has 0 aromatic carbocycles. The number of fused-ring (bicyclic) bond motifs is 1. The number of aryl methyl sites for hydroxylation is 2. The van der Waals surface area contributed by atoms with Crippen LogP contribution in [0.4, 0.5) is 0 Å². The van der Waals surface area contributed by atoms with Crippen molar-refractivity contribution in [1.29, 1.82) is 0 Å². The fourth-order valence-corrected chi connectivity index (χ4v) is 2.01. The highest BCUT2D eigenvalue weighted by Crippen LogP contribution is 2.17. The molecule has 2 heterocycles. The maximum atomic E-state index is 5.87. The van der Waals surface area contributed by atoms with E-state index in [9.17, 15) is 0 Å². The molecule has 0 N–H and O–H groups in total. The first kappa shape index (κ1) is 10.5. The van der Waals surface area contributed by atoms with E-state index in [1.165, 1.54) is 5.56 Å². The maximum Gasteiger partial charge on any atom is 0.113 e. The Bertz CT molecular complexity index is 474. The number of alkyl halides is 1. The molecule has 2 aromatic heterocycles. The van der Waals surface area contributed by atoms with Crippen LogP contribution in [0.15, 0.2) is 18.3 Å². The molecule has 0 spiro atoms. The number of hydrogen-bond donors (Lipinski definition) is 0. The Labute approximate surface area is 94.9 Å². The summed E-state index contributed by atoms with van der Waals surface area (Å²) in [6.07, 6.45) is 4.15. The smallest absolute Gasteiger partial charge is 0.113 e. The van der Waals surface area contributed by atoms with E-state index in [-0.39, 0.29) is 0 Å². The summed E-state index contributed by atoms with van der Waals surface area (Å²) in [7, 11) is 0. The minimum atomic E-state index is 0.481. The van der Waals surface area contributed by atoms with Crippen molar-refractivity contribution in [2.45, 2.75) is 32.6 Å². The molecule has 3 heteroatoms. The molecule has 0 atom stereocenters. The van der Waals surface area contributed by atoms with Crippen molar-refractivity contribution in [1.82, 2.24) is 9.38 Å². The lowest BCUT2D eigenvalue weighted by Gasteiger charge is -2.01. The number of aromatic nitrogens is 2. The lowest BCUT2D eigenvalue weighted by atomic mass is 10.2. The van der Waals surface area contributed by atoms with E-state index in [4.69, 9.17) is 11.6 Å². The Morgan fingerprint density at radius 1 is 1.27 bits per heavy atom. The van der Waals surface area contributed by atoms with Crippen LogP contribution in [-0.4, -0.2) is 9.38 Å². The van der Waals surface area contributed by atoms with Gasteiger partial charge in [0.1, 0.15) is 5.82 Å². The SMILES string of the molecule is CCc1ccc2c(CCl)nc(CC)n2c1. The molecule has 80 valence electrons. The van der Waals surface area contributed by atoms with Gasteiger partial charge < -0.3 is 4.40 Å². The van der Waals surface area contributed by atoms with Gasteiger partial charge in [0.2, 0.25) is 0 Å². The van der Waals surface area contributed by atoms with Crippen molar-refractivity contribution in [3.8, 4) is 0 Å². The normalized spacial score (nSPS) is 11.1. The van der Waals surface area contributed by atoms with Crippen LogP contribution in [0.5, 0.6) is 0 Å². The predicted octanol–water partition coefficient (Wildman–Crippen LogP) is 3.20. The summed E-state index contributed by atoms with van der Waals surface area (Å²) >= 11 is 5.87. The molecular weight excluding hydrogens is 208 g/mol. The molecule has 2 aromatic rings. The first-order chi connectivity index (χ1) is 7.30. The van der Waals surface area contributed by atoms with Crippen molar-refractivity contribution in [2.24, 2.45) is 0 Å². The molecule has 0 aliphatic carbocycles. The third-order valence-electron chi connectivity index (χ3n) is 2.70. The fraction of sp³-hybridized carbons (Fsp3) is 0.417. The molecule has 0 saturated carbocycles. The lowest BCUT2D eigenvalue weighted by Crippen LogP contribution is -1.93. The predicted molar refractivity (Wildman–Crippen MR) is 63.5 cm³/mol. The Kier molecular flexibility index (Phi) is 2.96. The quantitative estimate of drug-likeness (QED) is 0.729. The van der Waals surface area contributed by atoms with E-state index >= 15 is 0 Å². The highest BCUT2D eigenvalue weighted by molar-refractivity contribution is 6.17. The van der Waals surface area contributed by atoms with Crippen molar-refractivity contribution in [3.05, 3.63) is 35.4 Å². The zero-order valence-electron chi connectivity index (χ0n) is 9.13. The van der Waals surface area contributed by atoms with E-state index < -0.39 is 0 Å². The van der Waals surface area contributed by atoms with Crippen LogP contribution in [0.3, 0.4) is 0 Å². The van der Waals surface area contributed by atoms with Gasteiger partial charge in [-0.25, -0.2) is 4.98 Å². The largest absolute Gasteiger partial charge is 0.303 e. The summed E-state index contributed by atoms with van der Waals surface area (Å²) in [4.78, 5) is 4.53. The van der Waals surface area contributed by atoms with Crippen LogP contribution >= 0.6 is 11.6 Å². The van der Waals surface area contributed by atoms with Gasteiger partial charge in [-0.2, -0.15) is 0 Å². The van der Waals surface area contributed by atoms with Gasteiger partial charge in [0, 0.05) is 12.6 Å². The summed E-state index contributed by atoms with van der Waals surface area (Å²) in [5.74, 6) is 1.57. The molecular formula is C12H15ClN2. The third-order valence-corrected chi connectivity index (χ3v) is 2.95. The highest BCUT2D eigenvalue weighted by atomic mass is 35.5. The van der Waals surface area contributed by atoms with Crippen LogP contribution in [0.1, 0.15) is 30.9 Å². The van der Waals surface area contributed by atoms with Crippen LogP contribution < -0.4 is 0 Å². The standard InChI is InChI=1S/C12H15ClN2/c1-3-9-5-6-11-10(7-13)14-12(4-2)15(11)8-9/h5-6,8H,3-4,7H2,1-2H3. The van der Waals surface area contributed by atoms with Gasteiger partial charge in [0.15, 0.2) is 0 Å². The first-order valence-electron chi connectivity index (χ1n) is 5.34. The Balaban J connectivity index is 2.68. The minimum Gasteiger partial charge on any atom is -0.303 e. The molecule has 15 heavy (non-hydrogen) atoms. The minimum absolute atomic E-state index is 0.481. The fourth-order valence-electron chi connectivity index (χ4n) is 1.82. The maximum absolute atomic E-state index is 5.87. The van der Waals surface area contributed by atoms with Crippen LogP contribution in [0.25, 0.3) is 5.52 Å². The Morgan fingerprint density at radius 2 is 2.07 bits per heavy atom. The molecule has 0 aliphatic heterocycles. The molecule has 0 fully saturated rings. The average Bonchev–Trinajstić information content (AvgIpc) is 2.65. The molecule has 0 saturated heterocycles. The number of hydrogen-bond acceptors (Lipinski definition) is 1. The second-order valence-corrected chi connectivity index (χ2v) is 3.88. The topological polar surface area (TPSA) is 17.3 Å². The third kappa shape index (κ3) is 1.74. The van der Waals surface area contributed by atoms with Crippen molar-refractivity contribution >= 4 is 17.1 Å². The molecule has 0 amide bonds. The number of halogens is 1. The van der Waals surface area contributed by atoms with Gasteiger partial charge in [-0.1, -0.05) is 19.9 Å². The monoisotopic (exact) mass is 222 g/mol. The molecule has 0 aliphatic rings. The molecule has 2 rings (SSSR count). The summed E-state index contributed by atoms with van der Waals surface area (Å²) in [6.45, 7) is 4.28. The summed E-state index contributed by atoms with van der Waals surface area (Å²) in [6, 6.07) is 4.26. The summed E-state index contributed by atoms with van der Waals surface area (Å²) in [5.41, 5.74) is 3.45. The summed E-state index contributed by atoms with van der Waals surface area (Å²) < 4.78 is 2.16. The van der Waals surface area contributed by atoms with Crippen LogP contribution in [0.2, 0.25) is 0 Å². The number of imidazole rings is 1. The van der Waals surface area contributed by atoms with Crippen LogP contribution in [-0.2, 0) is 18.7 Å². The number of pyridine rings is 1. The molecule has 0 unspecified atom stereocenters. The highest BCUT2D eigenvalue weighted by Gasteiger charge is 2.08. The van der Waals surface area contributed by atoms with Crippen LogP contribution in [0, 0.1) is 0 Å². The number of nitrogens with zero attached hydrogens (tertiary/aromatic N) is 2. The molecule has 0 radical (unpaired) electrons. The van der Waals surface area contributed by atoms with Gasteiger partial charge in [-0.15, -0.1) is 11.6 Å². The number of rotatable bonds is 3. The van der Waals surface area contributed by atoms with Gasteiger partial charge >= 0.3 is 0 Å². The van der Waals surface area contributed by atoms with E-state index in [0.29, 0.717) is 5.88 Å². The molecule has 2 nitrogen and oxygen atoms in total. The van der Waals surface area contributed by atoms with Gasteiger partial charge in [-0.3, -0.25) is 0 Å². The van der Waals surface area contributed by atoms with E-state index in [2.05, 4.69) is 41.6 Å². The van der Waals surface area contributed by atoms with Gasteiger partial charge in [0.25, 0.3) is 0 Å². The Morgan fingerprint density at radius 3 is 2.67 bits per heavy atom. The molecule has 0 bridgehead atoms. The second-order valence-electron chi connectivity index (χ2n) is 3.61. The average molecular weight is 223 g/mol. The second kappa shape index (κ2) is 4.23. The van der Waals surface area contributed by atoms with E-state index in [1.54, 1.807) is 0 Å². The van der Waals surface area contributed by atoms with E-state index in [1.807, 2.05) is 0 Å².